The summed E-state index contributed by atoms with van der Waals surface area (Å²) in [6.07, 6.45) is 0. The van der Waals surface area contributed by atoms with Crippen molar-refractivity contribution in [3.63, 3.8) is 0 Å². The molecular formula is C13H10Cl2O2S. The fourth-order valence-electron chi connectivity index (χ4n) is 1.52. The molecule has 0 fully saturated rings. The topological polar surface area (TPSA) is 26.3 Å². The molecule has 0 aliphatic carbocycles. The van der Waals surface area contributed by atoms with Crippen LogP contribution in [-0.4, -0.2) is 12.4 Å². The van der Waals surface area contributed by atoms with Crippen molar-refractivity contribution < 1.29 is 9.53 Å². The summed E-state index contributed by atoms with van der Waals surface area (Å²) in [5, 5.41) is 4.36. The van der Waals surface area contributed by atoms with Crippen LogP contribution in [0.3, 0.4) is 0 Å². The summed E-state index contributed by atoms with van der Waals surface area (Å²) in [6, 6.07) is 4.88. The van der Waals surface area contributed by atoms with E-state index in [1.807, 2.05) is 12.3 Å². The molecular weight excluding hydrogens is 291 g/mol. The number of hydrogen-bond donors (Lipinski definition) is 0. The number of thiophene rings is 1. The molecule has 0 unspecified atom stereocenters. The van der Waals surface area contributed by atoms with Crippen LogP contribution in [0.4, 0.5) is 0 Å². The zero-order valence-corrected chi connectivity index (χ0v) is 11.9. The Bertz CT molecular complexity index is 565. The molecule has 18 heavy (non-hydrogen) atoms. The van der Waals surface area contributed by atoms with Gasteiger partial charge in [0.1, 0.15) is 5.75 Å². The van der Waals surface area contributed by atoms with Gasteiger partial charge in [-0.25, -0.2) is 0 Å². The molecule has 0 bridgehead atoms. The van der Waals surface area contributed by atoms with E-state index < -0.39 is 0 Å². The minimum Gasteiger partial charge on any atom is -0.492 e. The number of carbonyl (C=O) groups excluding carboxylic acids is 1. The Labute approximate surface area is 119 Å². The van der Waals surface area contributed by atoms with E-state index in [0.717, 1.165) is 0 Å². The molecule has 2 rings (SSSR count). The molecule has 2 aromatic rings. The Balaban J connectivity index is 2.40. The lowest BCUT2D eigenvalue weighted by Crippen LogP contribution is -2.02. The highest BCUT2D eigenvalue weighted by Gasteiger charge is 2.16. The molecule has 1 aromatic carbocycles. The molecule has 0 amide bonds. The average molecular weight is 301 g/mol. The van der Waals surface area contributed by atoms with E-state index in [0.29, 0.717) is 33.5 Å². The standard InChI is InChI=1S/C13H10Cl2O2S/c1-2-17-12-6-10(14)9(5-11(12)15)13(16)8-3-4-18-7-8/h3-7H,2H2,1H3. The third-order valence-electron chi connectivity index (χ3n) is 2.35. The first-order valence-electron chi connectivity index (χ1n) is 5.32. The van der Waals surface area contributed by atoms with Gasteiger partial charge in [0.25, 0.3) is 0 Å². The molecule has 2 nitrogen and oxygen atoms in total. The van der Waals surface area contributed by atoms with Gasteiger partial charge in [-0.3, -0.25) is 4.79 Å². The molecule has 0 saturated carbocycles. The van der Waals surface area contributed by atoms with Gasteiger partial charge in [-0.2, -0.15) is 11.3 Å². The van der Waals surface area contributed by atoms with Crippen LogP contribution < -0.4 is 4.74 Å². The Morgan fingerprint density at radius 3 is 2.72 bits per heavy atom. The first-order chi connectivity index (χ1) is 8.63. The number of carbonyl (C=O) groups is 1. The number of halogens is 2. The van der Waals surface area contributed by atoms with E-state index in [1.165, 1.54) is 11.3 Å². The second-order valence-corrected chi connectivity index (χ2v) is 5.13. The van der Waals surface area contributed by atoms with Crippen LogP contribution in [0.5, 0.6) is 5.75 Å². The van der Waals surface area contributed by atoms with Gasteiger partial charge in [-0.05, 0) is 24.4 Å². The maximum Gasteiger partial charge on any atom is 0.195 e. The van der Waals surface area contributed by atoms with Crippen LogP contribution >= 0.6 is 34.5 Å². The summed E-state index contributed by atoms with van der Waals surface area (Å²) < 4.78 is 5.32. The molecule has 5 heteroatoms. The first-order valence-corrected chi connectivity index (χ1v) is 7.02. The van der Waals surface area contributed by atoms with E-state index in [2.05, 4.69) is 0 Å². The second kappa shape index (κ2) is 5.74. The van der Waals surface area contributed by atoms with Crippen LogP contribution in [0.2, 0.25) is 10.0 Å². The van der Waals surface area contributed by atoms with Gasteiger partial charge in [-0.1, -0.05) is 23.2 Å². The van der Waals surface area contributed by atoms with Gasteiger partial charge in [0.05, 0.1) is 16.7 Å². The third-order valence-corrected chi connectivity index (χ3v) is 3.64. The minimum atomic E-state index is -0.133. The molecule has 0 N–H and O–H groups in total. The van der Waals surface area contributed by atoms with Gasteiger partial charge in [0, 0.05) is 22.6 Å². The van der Waals surface area contributed by atoms with Crippen molar-refractivity contribution in [1.82, 2.24) is 0 Å². The van der Waals surface area contributed by atoms with Gasteiger partial charge in [0.2, 0.25) is 0 Å². The lowest BCUT2D eigenvalue weighted by atomic mass is 10.1. The predicted octanol–water partition coefficient (Wildman–Crippen LogP) is 4.68. The highest BCUT2D eigenvalue weighted by Crippen LogP contribution is 2.32. The monoisotopic (exact) mass is 300 g/mol. The highest BCUT2D eigenvalue weighted by atomic mass is 35.5. The Morgan fingerprint density at radius 1 is 1.33 bits per heavy atom. The molecule has 1 aromatic heterocycles. The maximum atomic E-state index is 12.2. The summed E-state index contributed by atoms with van der Waals surface area (Å²) >= 11 is 13.6. The van der Waals surface area contributed by atoms with Crippen molar-refractivity contribution in [2.75, 3.05) is 6.61 Å². The summed E-state index contributed by atoms with van der Waals surface area (Å²) in [7, 11) is 0. The van der Waals surface area contributed by atoms with Crippen LogP contribution in [0.15, 0.2) is 29.0 Å². The molecule has 1 heterocycles. The van der Waals surface area contributed by atoms with Crippen LogP contribution in [-0.2, 0) is 0 Å². The zero-order chi connectivity index (χ0) is 13.1. The van der Waals surface area contributed by atoms with Crippen molar-refractivity contribution in [3.8, 4) is 5.75 Å². The van der Waals surface area contributed by atoms with Crippen molar-refractivity contribution in [2.24, 2.45) is 0 Å². The van der Waals surface area contributed by atoms with Crippen LogP contribution in [0, 0.1) is 0 Å². The van der Waals surface area contributed by atoms with E-state index >= 15 is 0 Å². The second-order valence-electron chi connectivity index (χ2n) is 3.54. The Morgan fingerprint density at radius 2 is 2.11 bits per heavy atom. The van der Waals surface area contributed by atoms with E-state index in [-0.39, 0.29) is 5.78 Å². The smallest absolute Gasteiger partial charge is 0.195 e. The van der Waals surface area contributed by atoms with Gasteiger partial charge < -0.3 is 4.74 Å². The SMILES string of the molecule is CCOc1cc(Cl)c(C(=O)c2ccsc2)cc1Cl. The fourth-order valence-corrected chi connectivity index (χ4v) is 2.61. The van der Waals surface area contributed by atoms with Gasteiger partial charge in [0.15, 0.2) is 5.78 Å². The molecule has 0 aliphatic heterocycles. The predicted molar refractivity (Wildman–Crippen MR) is 75.4 cm³/mol. The fraction of sp³-hybridized carbons (Fsp3) is 0.154. The minimum absolute atomic E-state index is 0.133. The molecule has 0 saturated heterocycles. The molecule has 0 spiro atoms. The van der Waals surface area contributed by atoms with Crippen molar-refractivity contribution in [3.05, 3.63) is 50.1 Å². The van der Waals surface area contributed by atoms with E-state index in [9.17, 15) is 4.79 Å². The van der Waals surface area contributed by atoms with E-state index in [1.54, 1.807) is 23.6 Å². The van der Waals surface area contributed by atoms with Crippen molar-refractivity contribution >= 4 is 40.3 Å². The Hall–Kier alpha value is -1.03. The van der Waals surface area contributed by atoms with E-state index in [4.69, 9.17) is 27.9 Å². The van der Waals surface area contributed by atoms with Crippen LogP contribution in [0.25, 0.3) is 0 Å². The molecule has 94 valence electrons. The summed E-state index contributed by atoms with van der Waals surface area (Å²) in [5.41, 5.74) is 1.01. The van der Waals surface area contributed by atoms with Crippen molar-refractivity contribution in [2.45, 2.75) is 6.92 Å². The number of benzene rings is 1. The quantitative estimate of drug-likeness (QED) is 0.766. The number of ether oxygens (including phenoxy) is 1. The maximum absolute atomic E-state index is 12.2. The summed E-state index contributed by atoms with van der Waals surface area (Å²) in [5.74, 6) is 0.359. The van der Waals surface area contributed by atoms with Crippen molar-refractivity contribution in [1.29, 1.82) is 0 Å². The van der Waals surface area contributed by atoms with Gasteiger partial charge in [-0.15, -0.1) is 0 Å². The van der Waals surface area contributed by atoms with Gasteiger partial charge >= 0.3 is 0 Å². The normalized spacial score (nSPS) is 10.4. The number of hydrogen-bond acceptors (Lipinski definition) is 3. The molecule has 0 aliphatic rings. The molecule has 0 atom stereocenters. The lowest BCUT2D eigenvalue weighted by Gasteiger charge is -2.09. The first kappa shape index (κ1) is 13.4. The highest BCUT2D eigenvalue weighted by molar-refractivity contribution is 7.08. The number of ketones is 1. The Kier molecular flexibility index (Phi) is 4.27. The lowest BCUT2D eigenvalue weighted by molar-refractivity contribution is 0.103. The van der Waals surface area contributed by atoms with Crippen LogP contribution in [0.1, 0.15) is 22.8 Å². The zero-order valence-electron chi connectivity index (χ0n) is 9.57. The summed E-state index contributed by atoms with van der Waals surface area (Å²) in [6.45, 7) is 2.35. The third kappa shape index (κ3) is 2.69. The number of rotatable bonds is 4. The summed E-state index contributed by atoms with van der Waals surface area (Å²) in [4.78, 5) is 12.2. The molecule has 0 radical (unpaired) electrons. The largest absolute Gasteiger partial charge is 0.492 e. The average Bonchev–Trinajstić information content (AvgIpc) is 2.86.